The molecule has 0 fully saturated rings. The van der Waals surface area contributed by atoms with Crippen molar-refractivity contribution in [3.63, 3.8) is 0 Å². The van der Waals surface area contributed by atoms with Crippen LogP contribution in [-0.2, 0) is 0 Å². The van der Waals surface area contributed by atoms with Crippen LogP contribution in [-0.4, -0.2) is 10.1 Å². The van der Waals surface area contributed by atoms with Crippen molar-refractivity contribution in [3.05, 3.63) is 60.3 Å². The van der Waals surface area contributed by atoms with Gasteiger partial charge in [-0.05, 0) is 30.2 Å². The first kappa shape index (κ1) is 10.8. The van der Waals surface area contributed by atoms with Crippen LogP contribution in [0.25, 0.3) is 22.0 Å². The van der Waals surface area contributed by atoms with E-state index in [-0.39, 0.29) is 5.75 Å². The Bertz CT molecular complexity index is 705. The van der Waals surface area contributed by atoms with Crippen LogP contribution in [0, 0.1) is 6.92 Å². The number of aryl methyl sites for hydroxylation is 1. The van der Waals surface area contributed by atoms with Crippen LogP contribution in [0.2, 0.25) is 0 Å². The minimum absolute atomic E-state index is 0.242. The highest BCUT2D eigenvalue weighted by molar-refractivity contribution is 5.95. The Morgan fingerprint density at radius 2 is 1.72 bits per heavy atom. The van der Waals surface area contributed by atoms with E-state index in [4.69, 9.17) is 0 Å². The molecule has 0 aliphatic heterocycles. The normalized spacial score (nSPS) is 10.7. The summed E-state index contributed by atoms with van der Waals surface area (Å²) < 4.78 is 0. The minimum atomic E-state index is 0.242. The zero-order valence-electron chi connectivity index (χ0n) is 10.1. The lowest BCUT2D eigenvalue weighted by Crippen LogP contribution is -1.87. The summed E-state index contributed by atoms with van der Waals surface area (Å²) in [5, 5.41) is 10.8. The van der Waals surface area contributed by atoms with E-state index < -0.39 is 0 Å². The van der Waals surface area contributed by atoms with Crippen LogP contribution in [0.15, 0.2) is 54.6 Å². The van der Waals surface area contributed by atoms with Gasteiger partial charge in [0.15, 0.2) is 0 Å². The summed E-state index contributed by atoms with van der Waals surface area (Å²) in [6.45, 7) is 1.81. The molecule has 0 aliphatic rings. The molecule has 0 saturated heterocycles. The molecule has 1 heterocycles. The minimum Gasteiger partial charge on any atom is -0.506 e. The molecule has 1 aromatic heterocycles. The average molecular weight is 235 g/mol. The van der Waals surface area contributed by atoms with Crippen LogP contribution in [0.3, 0.4) is 0 Å². The maximum Gasteiger partial charge on any atom is 0.137 e. The van der Waals surface area contributed by atoms with Gasteiger partial charge in [0.05, 0.1) is 11.2 Å². The van der Waals surface area contributed by atoms with Crippen molar-refractivity contribution < 1.29 is 5.11 Å². The van der Waals surface area contributed by atoms with Crippen LogP contribution >= 0.6 is 0 Å². The SMILES string of the molecule is Cc1nc2cccc(-c3ccccc3)c2cc1O. The van der Waals surface area contributed by atoms with E-state index in [0.29, 0.717) is 5.69 Å². The van der Waals surface area contributed by atoms with Crippen molar-refractivity contribution in [2.75, 3.05) is 0 Å². The average Bonchev–Trinajstić information content (AvgIpc) is 2.40. The van der Waals surface area contributed by atoms with Crippen molar-refractivity contribution >= 4 is 10.9 Å². The van der Waals surface area contributed by atoms with E-state index in [1.54, 1.807) is 6.07 Å². The number of aromatic hydroxyl groups is 1. The fraction of sp³-hybridized carbons (Fsp3) is 0.0625. The van der Waals surface area contributed by atoms with Crippen molar-refractivity contribution in [2.45, 2.75) is 6.92 Å². The molecular weight excluding hydrogens is 222 g/mol. The van der Waals surface area contributed by atoms with Gasteiger partial charge < -0.3 is 5.11 Å². The van der Waals surface area contributed by atoms with Gasteiger partial charge in [-0.15, -0.1) is 0 Å². The molecule has 0 unspecified atom stereocenters. The highest BCUT2D eigenvalue weighted by atomic mass is 16.3. The first-order chi connectivity index (χ1) is 8.75. The molecule has 88 valence electrons. The monoisotopic (exact) mass is 235 g/mol. The molecule has 3 rings (SSSR count). The summed E-state index contributed by atoms with van der Waals surface area (Å²) in [5.74, 6) is 0.242. The van der Waals surface area contributed by atoms with E-state index in [1.807, 2.05) is 43.3 Å². The second kappa shape index (κ2) is 4.15. The zero-order chi connectivity index (χ0) is 12.5. The van der Waals surface area contributed by atoms with Gasteiger partial charge in [-0.2, -0.15) is 0 Å². The molecule has 18 heavy (non-hydrogen) atoms. The molecule has 2 aromatic carbocycles. The fourth-order valence-corrected chi connectivity index (χ4v) is 2.15. The second-order valence-electron chi connectivity index (χ2n) is 4.33. The lowest BCUT2D eigenvalue weighted by Gasteiger charge is -2.08. The molecule has 0 amide bonds. The Morgan fingerprint density at radius 3 is 2.50 bits per heavy atom. The van der Waals surface area contributed by atoms with Crippen molar-refractivity contribution in [1.29, 1.82) is 0 Å². The topological polar surface area (TPSA) is 33.1 Å². The maximum absolute atomic E-state index is 9.83. The Kier molecular flexibility index (Phi) is 2.49. The lowest BCUT2D eigenvalue weighted by molar-refractivity contribution is 0.469. The van der Waals surface area contributed by atoms with Crippen LogP contribution < -0.4 is 0 Å². The number of benzene rings is 2. The number of nitrogens with zero attached hydrogens (tertiary/aromatic N) is 1. The molecule has 0 saturated carbocycles. The van der Waals surface area contributed by atoms with Gasteiger partial charge in [0, 0.05) is 5.39 Å². The van der Waals surface area contributed by atoms with E-state index in [9.17, 15) is 5.11 Å². The van der Waals surface area contributed by atoms with Gasteiger partial charge in [-0.3, -0.25) is 0 Å². The predicted molar refractivity (Wildman–Crippen MR) is 73.6 cm³/mol. The predicted octanol–water partition coefficient (Wildman–Crippen LogP) is 3.92. The van der Waals surface area contributed by atoms with Crippen LogP contribution in [0.4, 0.5) is 0 Å². The number of hydrogen-bond acceptors (Lipinski definition) is 2. The summed E-state index contributed by atoms with van der Waals surface area (Å²) in [4.78, 5) is 4.41. The molecule has 2 heteroatoms. The van der Waals surface area contributed by atoms with Gasteiger partial charge in [0.2, 0.25) is 0 Å². The zero-order valence-corrected chi connectivity index (χ0v) is 10.1. The van der Waals surface area contributed by atoms with E-state index in [1.165, 1.54) is 0 Å². The quantitative estimate of drug-likeness (QED) is 0.693. The van der Waals surface area contributed by atoms with Gasteiger partial charge in [0.25, 0.3) is 0 Å². The highest BCUT2D eigenvalue weighted by Crippen LogP contribution is 2.30. The fourth-order valence-electron chi connectivity index (χ4n) is 2.15. The van der Waals surface area contributed by atoms with Crippen LogP contribution in [0.1, 0.15) is 5.69 Å². The summed E-state index contributed by atoms with van der Waals surface area (Å²) in [5.41, 5.74) is 3.79. The first-order valence-corrected chi connectivity index (χ1v) is 5.90. The largest absolute Gasteiger partial charge is 0.506 e. The molecule has 0 radical (unpaired) electrons. The molecular formula is C16H13NO. The third-order valence-corrected chi connectivity index (χ3v) is 3.11. The molecule has 2 nitrogen and oxygen atoms in total. The van der Waals surface area contributed by atoms with Crippen molar-refractivity contribution in [3.8, 4) is 16.9 Å². The maximum atomic E-state index is 9.83. The van der Waals surface area contributed by atoms with Gasteiger partial charge in [-0.1, -0.05) is 42.5 Å². The highest BCUT2D eigenvalue weighted by Gasteiger charge is 2.07. The number of fused-ring (bicyclic) bond motifs is 1. The van der Waals surface area contributed by atoms with E-state index in [2.05, 4.69) is 17.1 Å². The molecule has 0 aliphatic carbocycles. The summed E-state index contributed by atoms with van der Waals surface area (Å²) in [6, 6.07) is 17.9. The number of aromatic nitrogens is 1. The molecule has 0 bridgehead atoms. The third kappa shape index (κ3) is 1.72. The van der Waals surface area contributed by atoms with Gasteiger partial charge >= 0.3 is 0 Å². The Morgan fingerprint density at radius 1 is 0.944 bits per heavy atom. The van der Waals surface area contributed by atoms with Gasteiger partial charge in [-0.25, -0.2) is 4.98 Å². The summed E-state index contributed by atoms with van der Waals surface area (Å²) >= 11 is 0. The number of pyridine rings is 1. The molecule has 0 atom stereocenters. The van der Waals surface area contributed by atoms with Crippen molar-refractivity contribution in [1.82, 2.24) is 4.98 Å². The van der Waals surface area contributed by atoms with E-state index in [0.717, 1.165) is 22.0 Å². The smallest absolute Gasteiger partial charge is 0.137 e. The third-order valence-electron chi connectivity index (χ3n) is 3.11. The lowest BCUT2D eigenvalue weighted by atomic mass is 10.0. The summed E-state index contributed by atoms with van der Waals surface area (Å²) in [7, 11) is 0. The van der Waals surface area contributed by atoms with Crippen molar-refractivity contribution in [2.24, 2.45) is 0 Å². The second-order valence-corrected chi connectivity index (χ2v) is 4.33. The number of hydrogen-bond donors (Lipinski definition) is 1. The first-order valence-electron chi connectivity index (χ1n) is 5.90. The molecule has 3 aromatic rings. The molecule has 1 N–H and O–H groups in total. The van der Waals surface area contributed by atoms with Crippen LogP contribution in [0.5, 0.6) is 5.75 Å². The standard InChI is InChI=1S/C16H13NO/c1-11-16(18)10-14-13(8-5-9-15(14)17-11)12-6-3-2-4-7-12/h2-10,18H,1H3. The molecule has 0 spiro atoms. The Hall–Kier alpha value is -2.35. The Labute approximate surface area is 106 Å². The Balaban J connectivity index is 2.34. The summed E-state index contributed by atoms with van der Waals surface area (Å²) in [6.07, 6.45) is 0. The van der Waals surface area contributed by atoms with E-state index >= 15 is 0 Å². The number of rotatable bonds is 1. The van der Waals surface area contributed by atoms with Gasteiger partial charge in [0.1, 0.15) is 5.75 Å².